The summed E-state index contributed by atoms with van der Waals surface area (Å²) in [5.41, 5.74) is 0. The monoisotopic (exact) mass is 180 g/mol. The first kappa shape index (κ1) is 10.8. The fraction of sp³-hybridized carbons (Fsp3) is 0.800. The van der Waals surface area contributed by atoms with Gasteiger partial charge in [-0.1, -0.05) is 18.5 Å². The molecule has 2 nitrogen and oxygen atoms in total. The molecular weight excluding hydrogens is 163 g/mol. The van der Waals surface area contributed by atoms with Crippen molar-refractivity contribution in [3.63, 3.8) is 0 Å². The van der Waals surface area contributed by atoms with Crippen molar-refractivity contribution in [1.82, 2.24) is 0 Å². The van der Waals surface area contributed by atoms with Crippen LogP contribution in [0.1, 0.15) is 13.3 Å². The van der Waals surface area contributed by atoms with Crippen LogP contribution in [0.5, 0.6) is 0 Å². The van der Waals surface area contributed by atoms with Crippen molar-refractivity contribution in [3.8, 4) is 0 Å². The van der Waals surface area contributed by atoms with Gasteiger partial charge < -0.3 is 10.2 Å². The van der Waals surface area contributed by atoms with Crippen LogP contribution < -0.4 is 0 Å². The number of aliphatic hydroxyl groups is 2. The molecule has 1 rings (SSSR count). The summed E-state index contributed by atoms with van der Waals surface area (Å²) in [6, 6.07) is 0. The molecule has 0 spiro atoms. The lowest BCUT2D eigenvalue weighted by Crippen LogP contribution is -2.23. The zero-order valence-corrected chi connectivity index (χ0v) is 8.06. The van der Waals surface area contributed by atoms with Crippen LogP contribution in [0.25, 0.3) is 0 Å². The maximum Gasteiger partial charge on any atom is 0.0657 e. The van der Waals surface area contributed by atoms with Crippen LogP contribution in [-0.4, -0.2) is 30.8 Å². The number of hydrogen-bond donors (Lipinski definition) is 2. The molecule has 0 bridgehead atoms. The first-order chi connectivity index (χ1) is 6.24. The van der Waals surface area contributed by atoms with Crippen molar-refractivity contribution in [2.24, 2.45) is 17.8 Å². The van der Waals surface area contributed by atoms with Crippen molar-refractivity contribution < 1.29 is 10.2 Å². The highest BCUT2D eigenvalue weighted by Crippen LogP contribution is 2.39. The van der Waals surface area contributed by atoms with Crippen LogP contribution in [0.3, 0.4) is 0 Å². The topological polar surface area (TPSA) is 40.5 Å². The maximum absolute atomic E-state index is 9.64. The van der Waals surface area contributed by atoms with Gasteiger partial charge in [0.2, 0.25) is 0 Å². The Morgan fingerprint density at radius 2 is 2.15 bits per heavy atom. The quantitative estimate of drug-likeness (QED) is 0.497. The van der Waals surface area contributed by atoms with E-state index in [0.29, 0.717) is 12.2 Å². The van der Waals surface area contributed by atoms with Crippen LogP contribution in [0.4, 0.5) is 0 Å². The highest BCUT2D eigenvalue weighted by molar-refractivity contribution is 6.08. The van der Waals surface area contributed by atoms with Crippen LogP contribution in [0, 0.1) is 17.8 Å². The third-order valence-electron chi connectivity index (χ3n) is 3.03. The van der Waals surface area contributed by atoms with E-state index in [1.807, 2.05) is 13.0 Å². The smallest absolute Gasteiger partial charge is 0.0657 e. The Kier molecular flexibility index (Phi) is 4.01. The molecule has 0 amide bonds. The maximum atomic E-state index is 9.64. The molecule has 0 saturated heterocycles. The summed E-state index contributed by atoms with van der Waals surface area (Å²) in [6.07, 6.45) is 4.95. The highest BCUT2D eigenvalue weighted by atomic mass is 16.3. The molecular formula is C10H17BO2. The van der Waals surface area contributed by atoms with Crippen LogP contribution in [0.15, 0.2) is 12.2 Å². The lowest BCUT2D eigenvalue weighted by molar-refractivity contribution is 0.0754. The summed E-state index contributed by atoms with van der Waals surface area (Å²) in [7, 11) is 5.63. The molecule has 1 aliphatic carbocycles. The molecule has 0 aromatic carbocycles. The normalized spacial score (nSPS) is 40.2. The number of rotatable bonds is 3. The highest BCUT2D eigenvalue weighted by Gasteiger charge is 2.39. The fourth-order valence-electron chi connectivity index (χ4n) is 2.31. The van der Waals surface area contributed by atoms with Gasteiger partial charge >= 0.3 is 0 Å². The third kappa shape index (κ3) is 2.15. The second-order valence-electron chi connectivity index (χ2n) is 3.74. The molecule has 2 radical (unpaired) electrons. The summed E-state index contributed by atoms with van der Waals surface area (Å²) in [5, 5.41) is 18.7. The summed E-state index contributed by atoms with van der Waals surface area (Å²) < 4.78 is 0. The van der Waals surface area contributed by atoms with Gasteiger partial charge in [0.25, 0.3) is 0 Å². The lowest BCUT2D eigenvalue weighted by Gasteiger charge is -2.20. The molecule has 1 fully saturated rings. The van der Waals surface area contributed by atoms with Gasteiger partial charge in [0.1, 0.15) is 0 Å². The zero-order chi connectivity index (χ0) is 9.84. The Balaban J connectivity index is 2.68. The largest absolute Gasteiger partial charge is 0.396 e. The molecule has 1 aliphatic rings. The molecule has 13 heavy (non-hydrogen) atoms. The van der Waals surface area contributed by atoms with E-state index in [0.717, 1.165) is 6.42 Å². The summed E-state index contributed by atoms with van der Waals surface area (Å²) >= 11 is 0. The molecule has 0 heterocycles. The van der Waals surface area contributed by atoms with Crippen LogP contribution in [0.2, 0.25) is 6.32 Å². The lowest BCUT2D eigenvalue weighted by atomic mass is 9.79. The first-order valence-electron chi connectivity index (χ1n) is 4.86. The van der Waals surface area contributed by atoms with Crippen LogP contribution >= 0.6 is 0 Å². The molecule has 4 unspecified atom stereocenters. The first-order valence-corrected chi connectivity index (χ1v) is 4.86. The SMILES string of the molecule is [B]CC1C(C=CC)CC(O)C1CO. The predicted molar refractivity (Wildman–Crippen MR) is 53.6 cm³/mol. The van der Waals surface area contributed by atoms with E-state index in [1.54, 1.807) is 0 Å². The van der Waals surface area contributed by atoms with Gasteiger partial charge in [-0.2, -0.15) is 0 Å². The van der Waals surface area contributed by atoms with E-state index >= 15 is 0 Å². The minimum Gasteiger partial charge on any atom is -0.396 e. The zero-order valence-electron chi connectivity index (χ0n) is 8.06. The second-order valence-corrected chi connectivity index (χ2v) is 3.74. The van der Waals surface area contributed by atoms with Crippen molar-refractivity contribution in [3.05, 3.63) is 12.2 Å². The van der Waals surface area contributed by atoms with Gasteiger partial charge in [-0.15, -0.1) is 0 Å². The van der Waals surface area contributed by atoms with E-state index < -0.39 is 0 Å². The summed E-state index contributed by atoms with van der Waals surface area (Å²) in [6.45, 7) is 2.00. The summed E-state index contributed by atoms with van der Waals surface area (Å²) in [5.74, 6) is 0.532. The van der Waals surface area contributed by atoms with Crippen molar-refractivity contribution in [2.45, 2.75) is 25.8 Å². The molecule has 0 aromatic heterocycles. The Hall–Kier alpha value is -0.275. The average molecular weight is 180 g/mol. The Labute approximate surface area is 81.1 Å². The van der Waals surface area contributed by atoms with E-state index in [-0.39, 0.29) is 24.5 Å². The molecule has 1 saturated carbocycles. The van der Waals surface area contributed by atoms with Crippen molar-refractivity contribution in [2.75, 3.05) is 6.61 Å². The Bertz CT molecular complexity index is 182. The minimum absolute atomic E-state index is 0.0359. The number of allylic oxidation sites excluding steroid dienone is 2. The van der Waals surface area contributed by atoms with Gasteiger partial charge in [-0.3, -0.25) is 0 Å². The summed E-state index contributed by atoms with van der Waals surface area (Å²) in [4.78, 5) is 0. The molecule has 3 heteroatoms. The Morgan fingerprint density at radius 1 is 1.46 bits per heavy atom. The average Bonchev–Trinajstić information content (AvgIpc) is 2.41. The third-order valence-corrected chi connectivity index (χ3v) is 3.03. The van der Waals surface area contributed by atoms with Gasteiger partial charge in [-0.05, 0) is 25.2 Å². The number of hydrogen-bond acceptors (Lipinski definition) is 2. The van der Waals surface area contributed by atoms with Gasteiger partial charge in [-0.25, -0.2) is 0 Å². The van der Waals surface area contributed by atoms with Crippen LogP contribution in [-0.2, 0) is 0 Å². The van der Waals surface area contributed by atoms with E-state index in [2.05, 4.69) is 6.08 Å². The Morgan fingerprint density at radius 3 is 2.62 bits per heavy atom. The fourth-order valence-corrected chi connectivity index (χ4v) is 2.31. The predicted octanol–water partition coefficient (Wildman–Crippen LogP) is 0.755. The van der Waals surface area contributed by atoms with Gasteiger partial charge in [0.05, 0.1) is 14.0 Å². The second kappa shape index (κ2) is 4.82. The minimum atomic E-state index is -0.389. The standard InChI is InChI=1S/C10H17BO2/c1-2-3-7-4-10(13)9(6-12)8(7)5-11/h2-3,7-10,12-13H,4-6H2,1H3. The van der Waals surface area contributed by atoms with E-state index in [1.165, 1.54) is 0 Å². The molecule has 0 aliphatic heterocycles. The van der Waals surface area contributed by atoms with Crippen molar-refractivity contribution in [1.29, 1.82) is 0 Å². The van der Waals surface area contributed by atoms with E-state index in [9.17, 15) is 5.11 Å². The van der Waals surface area contributed by atoms with E-state index in [4.69, 9.17) is 13.0 Å². The van der Waals surface area contributed by atoms with Crippen molar-refractivity contribution >= 4 is 7.85 Å². The molecule has 72 valence electrons. The molecule has 4 atom stereocenters. The van der Waals surface area contributed by atoms with Gasteiger partial charge in [0, 0.05) is 12.5 Å². The van der Waals surface area contributed by atoms with Gasteiger partial charge in [0.15, 0.2) is 0 Å². The molecule has 2 N–H and O–H groups in total. The molecule has 0 aromatic rings. The number of aliphatic hydroxyl groups excluding tert-OH is 2.